The van der Waals surface area contributed by atoms with Gasteiger partial charge < -0.3 is 5.32 Å². The van der Waals surface area contributed by atoms with Crippen molar-refractivity contribution in [3.05, 3.63) is 39.7 Å². The van der Waals surface area contributed by atoms with E-state index in [0.29, 0.717) is 12.5 Å². The molecule has 1 amide bonds. The molecular weight excluding hydrogens is 319 g/mol. The van der Waals surface area contributed by atoms with Gasteiger partial charge in [-0.2, -0.15) is 0 Å². The Morgan fingerprint density at radius 2 is 2.26 bits per heavy atom. The maximum Gasteiger partial charge on any atom is 0.285 e. The summed E-state index contributed by atoms with van der Waals surface area (Å²) in [6.07, 6.45) is 2.25. The molecule has 1 fully saturated rings. The number of rotatable bonds is 5. The molecule has 0 bridgehead atoms. The van der Waals surface area contributed by atoms with E-state index < -0.39 is 22.3 Å². The van der Waals surface area contributed by atoms with E-state index in [-0.39, 0.29) is 10.4 Å². The second-order valence-corrected chi connectivity index (χ2v) is 5.66. The number of benzene rings is 1. The normalized spacial score (nSPS) is 15.9. The number of nitrogens with zero attached hydrogens (tertiary/aromatic N) is 1. The van der Waals surface area contributed by atoms with Crippen LogP contribution in [0.1, 0.15) is 23.2 Å². The lowest BCUT2D eigenvalue weighted by Crippen LogP contribution is -2.30. The van der Waals surface area contributed by atoms with Gasteiger partial charge in [-0.05, 0) is 30.9 Å². The van der Waals surface area contributed by atoms with Gasteiger partial charge in [0.2, 0.25) is 0 Å². The second kappa shape index (κ2) is 5.64. The monoisotopic (exact) mass is 330 g/mol. The number of carbonyl (C=O) groups is 1. The number of carbonyl (C=O) groups excluding carboxylic acids is 1. The zero-order chi connectivity index (χ0) is 14.0. The molecule has 19 heavy (non-hydrogen) atoms. The molecule has 0 aromatic heterocycles. The highest BCUT2D eigenvalue weighted by atomic mass is 79.9. The summed E-state index contributed by atoms with van der Waals surface area (Å²) in [5, 5.41) is 13.4. The van der Waals surface area contributed by atoms with Gasteiger partial charge in [0.05, 0.1) is 11.0 Å². The van der Waals surface area contributed by atoms with Gasteiger partial charge in [0.1, 0.15) is 11.4 Å². The molecule has 1 unspecified atom stereocenters. The van der Waals surface area contributed by atoms with Crippen LogP contribution in [0.5, 0.6) is 0 Å². The van der Waals surface area contributed by atoms with Crippen molar-refractivity contribution in [3.63, 3.8) is 0 Å². The SMILES string of the molecule is O=C(NCC(Br)C1CC1)c1ccc(F)cc1[N+](=O)[O-]. The summed E-state index contributed by atoms with van der Waals surface area (Å²) in [6.45, 7) is 0.401. The molecule has 2 rings (SSSR count). The molecule has 0 heterocycles. The minimum Gasteiger partial charge on any atom is -0.351 e. The molecule has 0 aliphatic heterocycles. The number of amides is 1. The van der Waals surface area contributed by atoms with Crippen molar-refractivity contribution in [3.8, 4) is 0 Å². The van der Waals surface area contributed by atoms with Crippen LogP contribution in [0.3, 0.4) is 0 Å². The number of halogens is 2. The molecular formula is C12H12BrFN2O3. The summed E-state index contributed by atoms with van der Waals surface area (Å²) in [4.78, 5) is 22.1. The lowest BCUT2D eigenvalue weighted by Gasteiger charge is -2.10. The first kappa shape index (κ1) is 13.9. The number of hydrogen-bond acceptors (Lipinski definition) is 3. The van der Waals surface area contributed by atoms with E-state index in [9.17, 15) is 19.3 Å². The van der Waals surface area contributed by atoms with Crippen LogP contribution in [0.25, 0.3) is 0 Å². The molecule has 0 spiro atoms. The molecule has 1 aliphatic rings. The summed E-state index contributed by atoms with van der Waals surface area (Å²) >= 11 is 3.46. The van der Waals surface area contributed by atoms with Crippen LogP contribution >= 0.6 is 15.9 Å². The third-order valence-corrected chi connectivity index (χ3v) is 4.06. The fraction of sp³-hybridized carbons (Fsp3) is 0.417. The Bertz CT molecular complexity index is 520. The minimum atomic E-state index is -0.759. The van der Waals surface area contributed by atoms with Gasteiger partial charge in [0.15, 0.2) is 0 Å². The van der Waals surface area contributed by atoms with Gasteiger partial charge in [0.25, 0.3) is 11.6 Å². The van der Waals surface area contributed by atoms with Crippen LogP contribution in [0, 0.1) is 21.8 Å². The standard InChI is InChI=1S/C12H12BrFN2O3/c13-10(7-1-2-7)6-15-12(17)9-4-3-8(14)5-11(9)16(18)19/h3-5,7,10H,1-2,6H2,(H,15,17). The van der Waals surface area contributed by atoms with Crippen LogP contribution in [-0.2, 0) is 0 Å². The third-order valence-electron chi connectivity index (χ3n) is 2.99. The average Bonchev–Trinajstić information content (AvgIpc) is 3.19. The van der Waals surface area contributed by atoms with Gasteiger partial charge in [-0.15, -0.1) is 0 Å². The minimum absolute atomic E-state index is 0.123. The highest BCUT2D eigenvalue weighted by Crippen LogP contribution is 2.36. The molecule has 1 aromatic rings. The summed E-state index contributed by atoms with van der Waals surface area (Å²) < 4.78 is 13.0. The van der Waals surface area contributed by atoms with Gasteiger partial charge in [-0.3, -0.25) is 14.9 Å². The van der Waals surface area contributed by atoms with Crippen molar-refractivity contribution in [2.24, 2.45) is 5.92 Å². The Balaban J connectivity index is 2.07. The van der Waals surface area contributed by atoms with Gasteiger partial charge in [-0.1, -0.05) is 15.9 Å². The van der Waals surface area contributed by atoms with Crippen LogP contribution in [0.4, 0.5) is 10.1 Å². The Morgan fingerprint density at radius 3 is 2.84 bits per heavy atom. The molecule has 5 nitrogen and oxygen atoms in total. The Labute approximate surface area is 117 Å². The fourth-order valence-electron chi connectivity index (χ4n) is 1.76. The maximum atomic E-state index is 13.0. The number of hydrogen-bond donors (Lipinski definition) is 1. The van der Waals surface area contributed by atoms with Crippen molar-refractivity contribution in [2.75, 3.05) is 6.54 Å². The first-order chi connectivity index (χ1) is 8.99. The van der Waals surface area contributed by atoms with Crippen molar-refractivity contribution >= 4 is 27.5 Å². The van der Waals surface area contributed by atoms with Crippen molar-refractivity contribution < 1.29 is 14.1 Å². The van der Waals surface area contributed by atoms with Crippen molar-refractivity contribution in [2.45, 2.75) is 17.7 Å². The molecule has 1 aromatic carbocycles. The number of nitro groups is 1. The summed E-state index contributed by atoms with van der Waals surface area (Å²) in [5.41, 5.74) is -0.642. The van der Waals surface area contributed by atoms with E-state index in [1.165, 1.54) is 0 Å². The molecule has 1 aliphatic carbocycles. The maximum absolute atomic E-state index is 13.0. The Kier molecular flexibility index (Phi) is 4.14. The fourth-order valence-corrected chi connectivity index (χ4v) is 2.45. The molecule has 1 saturated carbocycles. The number of nitrogens with one attached hydrogen (secondary N) is 1. The van der Waals surface area contributed by atoms with Crippen LogP contribution in [0.15, 0.2) is 18.2 Å². The van der Waals surface area contributed by atoms with Crippen molar-refractivity contribution in [1.29, 1.82) is 0 Å². The lowest BCUT2D eigenvalue weighted by atomic mass is 10.1. The van der Waals surface area contributed by atoms with Crippen LogP contribution in [-0.4, -0.2) is 22.2 Å². The summed E-state index contributed by atoms with van der Waals surface area (Å²) in [7, 11) is 0. The number of alkyl halides is 1. The molecule has 1 atom stereocenters. The van der Waals surface area contributed by atoms with E-state index in [2.05, 4.69) is 21.2 Å². The highest BCUT2D eigenvalue weighted by Gasteiger charge is 2.30. The molecule has 0 radical (unpaired) electrons. The van der Waals surface area contributed by atoms with E-state index in [1.54, 1.807) is 0 Å². The van der Waals surface area contributed by atoms with E-state index >= 15 is 0 Å². The van der Waals surface area contributed by atoms with E-state index in [4.69, 9.17) is 0 Å². The topological polar surface area (TPSA) is 72.2 Å². The molecule has 1 N–H and O–H groups in total. The first-order valence-electron chi connectivity index (χ1n) is 5.85. The largest absolute Gasteiger partial charge is 0.351 e. The van der Waals surface area contributed by atoms with E-state index in [1.807, 2.05) is 0 Å². The third kappa shape index (κ3) is 3.50. The second-order valence-electron chi connectivity index (χ2n) is 4.48. The lowest BCUT2D eigenvalue weighted by molar-refractivity contribution is -0.385. The first-order valence-corrected chi connectivity index (χ1v) is 6.77. The zero-order valence-corrected chi connectivity index (χ0v) is 11.5. The Hall–Kier alpha value is -1.50. The van der Waals surface area contributed by atoms with Gasteiger partial charge in [0, 0.05) is 11.4 Å². The molecule has 7 heteroatoms. The Morgan fingerprint density at radius 1 is 1.58 bits per heavy atom. The van der Waals surface area contributed by atoms with Crippen LogP contribution < -0.4 is 5.32 Å². The number of nitro benzene ring substituents is 1. The van der Waals surface area contributed by atoms with Crippen molar-refractivity contribution in [1.82, 2.24) is 5.32 Å². The smallest absolute Gasteiger partial charge is 0.285 e. The predicted octanol–water partition coefficient (Wildman–Crippen LogP) is 2.64. The summed E-state index contributed by atoms with van der Waals surface area (Å²) in [6, 6.07) is 2.92. The zero-order valence-electron chi connectivity index (χ0n) is 9.94. The molecule has 102 valence electrons. The van der Waals surface area contributed by atoms with Crippen LogP contribution in [0.2, 0.25) is 0 Å². The predicted molar refractivity (Wildman–Crippen MR) is 70.8 cm³/mol. The quantitative estimate of drug-likeness (QED) is 0.512. The highest BCUT2D eigenvalue weighted by molar-refractivity contribution is 9.09. The van der Waals surface area contributed by atoms with Gasteiger partial charge >= 0.3 is 0 Å². The van der Waals surface area contributed by atoms with E-state index in [0.717, 1.165) is 31.0 Å². The molecule has 0 saturated heterocycles. The summed E-state index contributed by atoms with van der Waals surface area (Å²) in [5.74, 6) is -0.736. The average molecular weight is 331 g/mol. The van der Waals surface area contributed by atoms with Gasteiger partial charge in [-0.25, -0.2) is 4.39 Å².